The largest absolute Gasteiger partial charge is 0.507 e. The SMILES string of the molecule is C=C(CC(C)c1c(O)c2ccccc2oc1=O)c1ccccc1. The number of hydrogen-bond donors (Lipinski definition) is 1. The molecule has 3 rings (SSSR count). The maximum atomic E-state index is 12.3. The summed E-state index contributed by atoms with van der Waals surface area (Å²) in [6, 6.07) is 16.8. The van der Waals surface area contributed by atoms with Gasteiger partial charge >= 0.3 is 5.63 Å². The maximum Gasteiger partial charge on any atom is 0.343 e. The molecule has 0 saturated heterocycles. The van der Waals surface area contributed by atoms with Gasteiger partial charge in [0.15, 0.2) is 0 Å². The van der Waals surface area contributed by atoms with Crippen molar-refractivity contribution in [1.29, 1.82) is 0 Å². The zero-order valence-corrected chi connectivity index (χ0v) is 13.0. The highest BCUT2D eigenvalue weighted by atomic mass is 16.4. The van der Waals surface area contributed by atoms with E-state index in [0.29, 0.717) is 23.0 Å². The third kappa shape index (κ3) is 2.90. The lowest BCUT2D eigenvalue weighted by Gasteiger charge is -2.15. The fourth-order valence-corrected chi connectivity index (χ4v) is 2.85. The molecule has 0 aliphatic carbocycles. The Morgan fingerprint density at radius 1 is 1.13 bits per heavy atom. The van der Waals surface area contributed by atoms with Crippen molar-refractivity contribution in [3.05, 3.63) is 82.7 Å². The van der Waals surface area contributed by atoms with Crippen molar-refractivity contribution in [3.63, 3.8) is 0 Å². The Morgan fingerprint density at radius 3 is 2.52 bits per heavy atom. The van der Waals surface area contributed by atoms with Gasteiger partial charge in [0.25, 0.3) is 0 Å². The Bertz CT molecular complexity index is 907. The maximum absolute atomic E-state index is 12.3. The predicted molar refractivity (Wildman–Crippen MR) is 92.7 cm³/mol. The molecular weight excluding hydrogens is 288 g/mol. The smallest absolute Gasteiger partial charge is 0.343 e. The van der Waals surface area contributed by atoms with Crippen LogP contribution in [-0.4, -0.2) is 5.11 Å². The van der Waals surface area contributed by atoms with E-state index in [2.05, 4.69) is 6.58 Å². The second kappa shape index (κ2) is 6.13. The van der Waals surface area contributed by atoms with Crippen LogP contribution in [0.3, 0.4) is 0 Å². The topological polar surface area (TPSA) is 50.4 Å². The van der Waals surface area contributed by atoms with E-state index in [9.17, 15) is 9.90 Å². The molecule has 3 nitrogen and oxygen atoms in total. The Labute approximate surface area is 134 Å². The van der Waals surface area contributed by atoms with E-state index in [1.807, 2.05) is 37.3 Å². The summed E-state index contributed by atoms with van der Waals surface area (Å²) >= 11 is 0. The first kappa shape index (κ1) is 15.1. The zero-order chi connectivity index (χ0) is 16.4. The quantitative estimate of drug-likeness (QED) is 0.710. The van der Waals surface area contributed by atoms with Crippen LogP contribution in [-0.2, 0) is 0 Å². The number of fused-ring (bicyclic) bond motifs is 1. The molecule has 0 saturated carbocycles. The van der Waals surface area contributed by atoms with Gasteiger partial charge in [0.1, 0.15) is 11.3 Å². The van der Waals surface area contributed by atoms with Crippen molar-refractivity contribution in [2.24, 2.45) is 0 Å². The highest BCUT2D eigenvalue weighted by Gasteiger charge is 2.20. The molecule has 1 N–H and O–H groups in total. The van der Waals surface area contributed by atoms with Gasteiger partial charge in [-0.2, -0.15) is 0 Å². The summed E-state index contributed by atoms with van der Waals surface area (Å²) < 4.78 is 5.34. The molecule has 0 bridgehead atoms. The molecule has 1 unspecified atom stereocenters. The van der Waals surface area contributed by atoms with Crippen molar-refractivity contribution in [2.45, 2.75) is 19.3 Å². The Morgan fingerprint density at radius 2 is 1.78 bits per heavy atom. The fraction of sp³-hybridized carbons (Fsp3) is 0.150. The van der Waals surface area contributed by atoms with Crippen LogP contribution in [0, 0.1) is 0 Å². The van der Waals surface area contributed by atoms with Crippen LogP contribution in [0.4, 0.5) is 0 Å². The van der Waals surface area contributed by atoms with Gasteiger partial charge in [-0.25, -0.2) is 4.79 Å². The Balaban J connectivity index is 1.97. The molecule has 3 heteroatoms. The van der Waals surface area contributed by atoms with E-state index in [1.165, 1.54) is 0 Å². The summed E-state index contributed by atoms with van der Waals surface area (Å²) in [6.45, 7) is 6.00. The molecule has 3 aromatic rings. The highest BCUT2D eigenvalue weighted by molar-refractivity contribution is 5.84. The van der Waals surface area contributed by atoms with E-state index in [1.54, 1.807) is 24.3 Å². The summed E-state index contributed by atoms with van der Waals surface area (Å²) in [5, 5.41) is 11.0. The van der Waals surface area contributed by atoms with Gasteiger partial charge in [-0.05, 0) is 35.6 Å². The minimum Gasteiger partial charge on any atom is -0.507 e. The molecule has 1 atom stereocenters. The molecule has 0 aliphatic rings. The number of para-hydroxylation sites is 1. The monoisotopic (exact) mass is 306 g/mol. The lowest BCUT2D eigenvalue weighted by Crippen LogP contribution is -2.11. The minimum atomic E-state index is -0.491. The molecule has 0 spiro atoms. The normalized spacial score (nSPS) is 12.2. The van der Waals surface area contributed by atoms with Crippen molar-refractivity contribution < 1.29 is 9.52 Å². The lowest BCUT2D eigenvalue weighted by molar-refractivity contribution is 0.449. The van der Waals surface area contributed by atoms with Gasteiger partial charge in [-0.1, -0.05) is 56.0 Å². The van der Waals surface area contributed by atoms with E-state index in [4.69, 9.17) is 4.42 Å². The zero-order valence-electron chi connectivity index (χ0n) is 13.0. The van der Waals surface area contributed by atoms with Crippen molar-refractivity contribution >= 4 is 16.5 Å². The molecule has 0 amide bonds. The van der Waals surface area contributed by atoms with Gasteiger partial charge in [0, 0.05) is 0 Å². The molecule has 0 fully saturated rings. The average molecular weight is 306 g/mol. The molecule has 116 valence electrons. The van der Waals surface area contributed by atoms with Crippen LogP contribution >= 0.6 is 0 Å². The van der Waals surface area contributed by atoms with Crippen LogP contribution in [0.5, 0.6) is 5.75 Å². The number of benzene rings is 2. The van der Waals surface area contributed by atoms with E-state index >= 15 is 0 Å². The minimum absolute atomic E-state index is 0.00483. The fourth-order valence-electron chi connectivity index (χ4n) is 2.85. The predicted octanol–water partition coefficient (Wildman–Crippen LogP) is 4.71. The second-order valence-corrected chi connectivity index (χ2v) is 5.72. The van der Waals surface area contributed by atoms with Gasteiger partial charge in [0.2, 0.25) is 0 Å². The van der Waals surface area contributed by atoms with E-state index in [0.717, 1.165) is 11.1 Å². The number of rotatable bonds is 4. The standard InChI is InChI=1S/C20H18O3/c1-13(15-8-4-3-5-9-15)12-14(2)18-19(21)16-10-6-7-11-17(16)23-20(18)22/h3-11,14,21H,1,12H2,2H3. The van der Waals surface area contributed by atoms with Crippen LogP contribution < -0.4 is 5.63 Å². The summed E-state index contributed by atoms with van der Waals surface area (Å²) in [7, 11) is 0. The molecule has 0 aliphatic heterocycles. The van der Waals surface area contributed by atoms with Gasteiger partial charge < -0.3 is 9.52 Å². The molecule has 2 aromatic carbocycles. The molecule has 1 heterocycles. The van der Waals surface area contributed by atoms with Crippen molar-refractivity contribution in [3.8, 4) is 5.75 Å². The number of allylic oxidation sites excluding steroid dienone is 1. The van der Waals surface area contributed by atoms with Crippen LogP contribution in [0.15, 0.2) is 70.4 Å². The summed E-state index contributed by atoms with van der Waals surface area (Å²) in [5.41, 5.74) is 2.16. The molecule has 0 radical (unpaired) electrons. The Hall–Kier alpha value is -2.81. The molecule has 1 aromatic heterocycles. The highest BCUT2D eigenvalue weighted by Crippen LogP contribution is 2.34. The lowest BCUT2D eigenvalue weighted by atomic mass is 9.91. The summed E-state index contributed by atoms with van der Waals surface area (Å²) in [5.74, 6) is -0.186. The summed E-state index contributed by atoms with van der Waals surface area (Å²) in [4.78, 5) is 12.3. The third-order valence-electron chi connectivity index (χ3n) is 4.05. The van der Waals surface area contributed by atoms with E-state index < -0.39 is 5.63 Å². The first-order chi connectivity index (χ1) is 11.1. The number of hydrogen-bond acceptors (Lipinski definition) is 3. The first-order valence-corrected chi connectivity index (χ1v) is 7.56. The van der Waals surface area contributed by atoms with Crippen LogP contribution in [0.25, 0.3) is 16.5 Å². The number of aromatic hydroxyl groups is 1. The van der Waals surface area contributed by atoms with Gasteiger partial charge in [-0.3, -0.25) is 0 Å². The van der Waals surface area contributed by atoms with Crippen molar-refractivity contribution in [1.82, 2.24) is 0 Å². The Kier molecular flexibility index (Phi) is 4.02. The van der Waals surface area contributed by atoms with Crippen LogP contribution in [0.1, 0.15) is 30.4 Å². The van der Waals surface area contributed by atoms with Crippen molar-refractivity contribution in [2.75, 3.05) is 0 Å². The summed E-state index contributed by atoms with van der Waals surface area (Å²) in [6.07, 6.45) is 0.570. The van der Waals surface area contributed by atoms with E-state index in [-0.39, 0.29) is 11.7 Å². The molecular formula is C20H18O3. The van der Waals surface area contributed by atoms with Crippen LogP contribution in [0.2, 0.25) is 0 Å². The second-order valence-electron chi connectivity index (χ2n) is 5.72. The van der Waals surface area contributed by atoms with Gasteiger partial charge in [0.05, 0.1) is 10.9 Å². The average Bonchev–Trinajstić information content (AvgIpc) is 2.55. The first-order valence-electron chi connectivity index (χ1n) is 7.56. The third-order valence-corrected chi connectivity index (χ3v) is 4.05. The molecule has 23 heavy (non-hydrogen) atoms. The van der Waals surface area contributed by atoms with Gasteiger partial charge in [-0.15, -0.1) is 0 Å².